The fourth-order valence-corrected chi connectivity index (χ4v) is 2.88. The number of nitrogens with zero attached hydrogens (tertiary/aromatic N) is 1. The van der Waals surface area contributed by atoms with Crippen molar-refractivity contribution in [3.63, 3.8) is 0 Å². The summed E-state index contributed by atoms with van der Waals surface area (Å²) in [7, 11) is -3.17. The van der Waals surface area contributed by atoms with Crippen LogP contribution < -0.4 is 11.1 Å². The van der Waals surface area contributed by atoms with Gasteiger partial charge in [0.05, 0.1) is 11.4 Å². The molecule has 0 unspecified atom stereocenters. The van der Waals surface area contributed by atoms with Crippen LogP contribution in [-0.2, 0) is 16.4 Å². The van der Waals surface area contributed by atoms with Crippen LogP contribution in [0.1, 0.15) is 16.7 Å². The van der Waals surface area contributed by atoms with E-state index in [9.17, 15) is 8.42 Å². The summed E-state index contributed by atoms with van der Waals surface area (Å²) in [5.41, 5.74) is 9.99. The van der Waals surface area contributed by atoms with E-state index in [0.29, 0.717) is 17.4 Å². The third kappa shape index (κ3) is 5.10. The van der Waals surface area contributed by atoms with Crippen molar-refractivity contribution in [2.75, 3.05) is 11.6 Å². The Hall–Kier alpha value is -2.34. The number of nitrogens with one attached hydrogen (secondary N) is 1. The molecule has 0 spiro atoms. The van der Waals surface area contributed by atoms with Gasteiger partial charge in [-0.05, 0) is 54.8 Å². The van der Waals surface area contributed by atoms with Crippen molar-refractivity contribution in [2.45, 2.75) is 25.3 Å². The molecule has 122 valence electrons. The molecule has 0 radical (unpaired) electrons. The summed E-state index contributed by atoms with van der Waals surface area (Å²) in [5, 5.41) is 3.06. The predicted molar refractivity (Wildman–Crippen MR) is 94.4 cm³/mol. The highest BCUT2D eigenvalue weighted by atomic mass is 32.2. The predicted octanol–water partition coefficient (Wildman–Crippen LogP) is 2.63. The molecule has 0 fully saturated rings. The van der Waals surface area contributed by atoms with Crippen LogP contribution in [0.3, 0.4) is 0 Å². The number of benzene rings is 2. The van der Waals surface area contributed by atoms with Gasteiger partial charge < -0.3 is 11.1 Å². The van der Waals surface area contributed by atoms with Crippen LogP contribution in [0.15, 0.2) is 52.4 Å². The molecule has 6 heteroatoms. The van der Waals surface area contributed by atoms with Crippen molar-refractivity contribution in [1.29, 1.82) is 0 Å². The van der Waals surface area contributed by atoms with E-state index in [-0.39, 0.29) is 0 Å². The number of rotatable bonds is 4. The second-order valence-electron chi connectivity index (χ2n) is 5.62. The maximum absolute atomic E-state index is 11.4. The van der Waals surface area contributed by atoms with Crippen molar-refractivity contribution >= 4 is 21.5 Å². The Labute approximate surface area is 137 Å². The van der Waals surface area contributed by atoms with Crippen molar-refractivity contribution in [2.24, 2.45) is 10.7 Å². The average molecular weight is 331 g/mol. The smallest absolute Gasteiger partial charge is 0.193 e. The van der Waals surface area contributed by atoms with E-state index in [4.69, 9.17) is 5.73 Å². The largest absolute Gasteiger partial charge is 0.370 e. The van der Waals surface area contributed by atoms with E-state index in [0.717, 1.165) is 22.4 Å². The average Bonchev–Trinajstić information content (AvgIpc) is 2.43. The van der Waals surface area contributed by atoms with Crippen LogP contribution in [0.25, 0.3) is 0 Å². The summed E-state index contributed by atoms with van der Waals surface area (Å²) >= 11 is 0. The third-order valence-electron chi connectivity index (χ3n) is 3.28. The van der Waals surface area contributed by atoms with Gasteiger partial charge in [-0.3, -0.25) is 0 Å². The first-order valence-corrected chi connectivity index (χ1v) is 9.07. The summed E-state index contributed by atoms with van der Waals surface area (Å²) in [6.07, 6.45) is 1.19. The molecule has 0 aromatic heterocycles. The summed E-state index contributed by atoms with van der Waals surface area (Å²) in [4.78, 5) is 4.57. The SMILES string of the molecule is Cc1cc(C)cc(NC(N)=NCc2ccc(S(C)(=O)=O)cc2)c1. The van der Waals surface area contributed by atoms with Gasteiger partial charge in [0.2, 0.25) is 0 Å². The van der Waals surface area contributed by atoms with Crippen molar-refractivity contribution in [1.82, 2.24) is 0 Å². The van der Waals surface area contributed by atoms with Crippen molar-refractivity contribution in [3.05, 3.63) is 59.2 Å². The fourth-order valence-electron chi connectivity index (χ4n) is 2.25. The van der Waals surface area contributed by atoms with Gasteiger partial charge in [0.15, 0.2) is 15.8 Å². The molecule has 0 heterocycles. The molecule has 3 N–H and O–H groups in total. The lowest BCUT2D eigenvalue weighted by Gasteiger charge is -2.08. The van der Waals surface area contributed by atoms with Crippen LogP contribution in [0.4, 0.5) is 5.69 Å². The van der Waals surface area contributed by atoms with Gasteiger partial charge >= 0.3 is 0 Å². The normalized spacial score (nSPS) is 12.2. The lowest BCUT2D eigenvalue weighted by atomic mass is 10.1. The van der Waals surface area contributed by atoms with E-state index in [1.165, 1.54) is 6.26 Å². The third-order valence-corrected chi connectivity index (χ3v) is 4.41. The Balaban J connectivity index is 2.04. The Bertz CT molecular complexity index is 805. The molecule has 0 atom stereocenters. The van der Waals surface area contributed by atoms with Crippen LogP contribution in [0.2, 0.25) is 0 Å². The monoisotopic (exact) mass is 331 g/mol. The van der Waals surface area contributed by atoms with Gasteiger partial charge in [-0.25, -0.2) is 13.4 Å². The van der Waals surface area contributed by atoms with Crippen LogP contribution in [-0.4, -0.2) is 20.6 Å². The number of hydrogen-bond acceptors (Lipinski definition) is 3. The van der Waals surface area contributed by atoms with Crippen LogP contribution >= 0.6 is 0 Å². The van der Waals surface area contributed by atoms with E-state index in [2.05, 4.69) is 16.4 Å². The van der Waals surface area contributed by atoms with Gasteiger partial charge in [0, 0.05) is 11.9 Å². The second kappa shape index (κ2) is 6.83. The minimum atomic E-state index is -3.17. The van der Waals surface area contributed by atoms with Gasteiger partial charge in [0.25, 0.3) is 0 Å². The molecule has 5 nitrogen and oxygen atoms in total. The maximum Gasteiger partial charge on any atom is 0.193 e. The molecule has 0 bridgehead atoms. The molecule has 0 aliphatic rings. The van der Waals surface area contributed by atoms with E-state index >= 15 is 0 Å². The van der Waals surface area contributed by atoms with Gasteiger partial charge in [-0.15, -0.1) is 0 Å². The molecule has 2 aromatic rings. The minimum absolute atomic E-state index is 0.298. The molecule has 0 amide bonds. The molecular weight excluding hydrogens is 310 g/mol. The van der Waals surface area contributed by atoms with Crippen LogP contribution in [0, 0.1) is 13.8 Å². The molecule has 0 saturated carbocycles. The number of aliphatic imine (C=N–C) groups is 1. The molecule has 0 aliphatic carbocycles. The highest BCUT2D eigenvalue weighted by Crippen LogP contribution is 2.14. The van der Waals surface area contributed by atoms with E-state index in [1.54, 1.807) is 24.3 Å². The van der Waals surface area contributed by atoms with Crippen LogP contribution in [0.5, 0.6) is 0 Å². The Kier molecular flexibility index (Phi) is 5.05. The zero-order valence-electron chi connectivity index (χ0n) is 13.5. The van der Waals surface area contributed by atoms with Crippen molar-refractivity contribution < 1.29 is 8.42 Å². The highest BCUT2D eigenvalue weighted by molar-refractivity contribution is 7.90. The first-order chi connectivity index (χ1) is 10.7. The lowest BCUT2D eigenvalue weighted by Crippen LogP contribution is -2.22. The summed E-state index contributed by atoms with van der Waals surface area (Å²) < 4.78 is 22.8. The zero-order chi connectivity index (χ0) is 17.0. The first kappa shape index (κ1) is 17.0. The number of sulfone groups is 1. The van der Waals surface area contributed by atoms with Gasteiger partial charge in [-0.1, -0.05) is 18.2 Å². The molecule has 0 aliphatic heterocycles. The van der Waals surface area contributed by atoms with E-state index < -0.39 is 9.84 Å². The Morgan fingerprint density at radius 2 is 1.65 bits per heavy atom. The second-order valence-corrected chi connectivity index (χ2v) is 7.63. The molecule has 23 heavy (non-hydrogen) atoms. The first-order valence-electron chi connectivity index (χ1n) is 7.18. The summed E-state index contributed by atoms with van der Waals surface area (Å²) in [6.45, 7) is 4.43. The number of anilines is 1. The number of guanidine groups is 1. The van der Waals surface area contributed by atoms with E-state index in [1.807, 2.05) is 26.0 Å². The number of hydrogen-bond donors (Lipinski definition) is 2. The zero-order valence-corrected chi connectivity index (χ0v) is 14.3. The number of nitrogens with two attached hydrogens (primary N) is 1. The summed E-state index contributed by atoms with van der Waals surface area (Å²) in [5.74, 6) is 0.321. The summed E-state index contributed by atoms with van der Waals surface area (Å²) in [6, 6.07) is 12.7. The van der Waals surface area contributed by atoms with Gasteiger partial charge in [0.1, 0.15) is 0 Å². The molecular formula is C17H21N3O2S. The minimum Gasteiger partial charge on any atom is -0.370 e. The lowest BCUT2D eigenvalue weighted by molar-refractivity contribution is 0.602. The maximum atomic E-state index is 11.4. The molecule has 0 saturated heterocycles. The molecule has 2 aromatic carbocycles. The van der Waals surface area contributed by atoms with Gasteiger partial charge in [-0.2, -0.15) is 0 Å². The number of aryl methyl sites for hydroxylation is 2. The highest BCUT2D eigenvalue weighted by Gasteiger charge is 2.05. The topological polar surface area (TPSA) is 84.5 Å². The fraction of sp³-hybridized carbons (Fsp3) is 0.235. The molecule has 2 rings (SSSR count). The Morgan fingerprint density at radius 3 is 2.17 bits per heavy atom. The quantitative estimate of drug-likeness (QED) is 0.666. The van der Waals surface area contributed by atoms with Crippen molar-refractivity contribution in [3.8, 4) is 0 Å². The standard InChI is InChI=1S/C17H21N3O2S/c1-12-8-13(2)10-15(9-12)20-17(18)19-11-14-4-6-16(7-5-14)23(3,21)22/h4-10H,11H2,1-3H3,(H3,18,19,20). The Morgan fingerprint density at radius 1 is 1.09 bits per heavy atom.